The van der Waals surface area contributed by atoms with Gasteiger partial charge < -0.3 is 9.97 Å². The molecule has 160 valence electrons. The molecule has 2 aromatic carbocycles. The van der Waals surface area contributed by atoms with E-state index >= 15 is 0 Å². The number of nitrogens with zero attached hydrogens (tertiary/aromatic N) is 2. The Morgan fingerprint density at radius 2 is 2.03 bits per heavy atom. The van der Waals surface area contributed by atoms with Crippen LogP contribution in [0, 0.1) is 18.3 Å². The van der Waals surface area contributed by atoms with Crippen LogP contribution in [-0.4, -0.2) is 30.2 Å². The third-order valence-corrected chi connectivity index (χ3v) is 7.58. The molecule has 0 saturated heterocycles. The van der Waals surface area contributed by atoms with Crippen molar-refractivity contribution in [2.24, 2.45) is 0 Å². The van der Waals surface area contributed by atoms with Crippen molar-refractivity contribution >= 4 is 44.7 Å². The van der Waals surface area contributed by atoms with Crippen molar-refractivity contribution in [3.05, 3.63) is 59.0 Å². The average molecular weight is 452 g/mol. The zero-order chi connectivity index (χ0) is 22.3. The largest absolute Gasteiger partial charge is 0.361 e. The molecule has 4 aromatic rings. The van der Waals surface area contributed by atoms with Crippen LogP contribution in [0.5, 0.6) is 0 Å². The molecule has 8 heteroatoms. The second-order valence-corrected chi connectivity index (χ2v) is 11.3. The van der Waals surface area contributed by atoms with Gasteiger partial charge in [0.1, 0.15) is 11.9 Å². The van der Waals surface area contributed by atoms with E-state index in [2.05, 4.69) is 39.8 Å². The minimum atomic E-state index is -1.32. The summed E-state index contributed by atoms with van der Waals surface area (Å²) in [5.74, 6) is 0.671. The second kappa shape index (κ2) is 8.15. The van der Waals surface area contributed by atoms with Gasteiger partial charge in [-0.25, -0.2) is 13.9 Å². The van der Waals surface area contributed by atoms with E-state index in [9.17, 15) is 9.47 Å². The van der Waals surface area contributed by atoms with Gasteiger partial charge in [0.05, 0.1) is 38.4 Å². The van der Waals surface area contributed by atoms with E-state index in [1.54, 1.807) is 23.9 Å². The van der Waals surface area contributed by atoms with Gasteiger partial charge >= 0.3 is 0 Å². The average Bonchev–Trinajstić information content (AvgIpc) is 3.38. The molecule has 2 unspecified atom stereocenters. The number of aromatic nitrogens is 3. The van der Waals surface area contributed by atoms with Crippen LogP contribution in [0.25, 0.3) is 21.9 Å². The maximum absolute atomic E-state index is 13.2. The lowest BCUT2D eigenvalue weighted by molar-refractivity contribution is 0.616. The standard InChI is InChI=1S/C23H25N5OS2/c1-13-10-18(30-5)19(15-8-9-25-20(13)15)21(28-31(29)23(2,3)4)22-26-16-7-6-14(12-24)11-17(16)27-22/h6-11,21,25,28H,1-5H3,(H,26,27). The Kier molecular flexibility index (Phi) is 5.69. The Morgan fingerprint density at radius 1 is 1.26 bits per heavy atom. The van der Waals surface area contributed by atoms with Gasteiger partial charge in [-0.05, 0) is 69.8 Å². The summed E-state index contributed by atoms with van der Waals surface area (Å²) in [7, 11) is -1.32. The molecule has 2 aromatic heterocycles. The fraction of sp³-hybridized carbons (Fsp3) is 0.304. The van der Waals surface area contributed by atoms with Crippen molar-refractivity contribution in [3.63, 3.8) is 0 Å². The molecule has 0 aliphatic rings. The zero-order valence-corrected chi connectivity index (χ0v) is 19.8. The van der Waals surface area contributed by atoms with Crippen molar-refractivity contribution in [1.29, 1.82) is 5.26 Å². The van der Waals surface area contributed by atoms with Gasteiger partial charge in [0, 0.05) is 27.6 Å². The van der Waals surface area contributed by atoms with E-state index in [1.807, 2.05) is 39.3 Å². The Hall–Kier alpha value is -2.60. The van der Waals surface area contributed by atoms with Gasteiger partial charge in [-0.3, -0.25) is 0 Å². The van der Waals surface area contributed by atoms with E-state index in [-0.39, 0.29) is 0 Å². The summed E-state index contributed by atoms with van der Waals surface area (Å²) in [6, 6.07) is 11.3. The first kappa shape index (κ1) is 21.6. The summed E-state index contributed by atoms with van der Waals surface area (Å²) in [6.07, 6.45) is 3.98. The molecule has 0 spiro atoms. The first-order valence-electron chi connectivity index (χ1n) is 9.95. The van der Waals surface area contributed by atoms with E-state index in [1.165, 1.54) is 0 Å². The van der Waals surface area contributed by atoms with Crippen LogP contribution in [0.1, 0.15) is 49.3 Å². The minimum Gasteiger partial charge on any atom is -0.361 e. The Bertz CT molecular complexity index is 1340. The quantitative estimate of drug-likeness (QED) is 0.368. The number of aromatic amines is 2. The number of nitrogens with one attached hydrogen (secondary N) is 3. The molecule has 4 rings (SSSR count). The molecule has 0 amide bonds. The number of aryl methyl sites for hydroxylation is 1. The number of hydrogen-bond acceptors (Lipinski definition) is 4. The van der Waals surface area contributed by atoms with Gasteiger partial charge in [0.25, 0.3) is 0 Å². The maximum Gasteiger partial charge on any atom is 0.130 e. The fourth-order valence-electron chi connectivity index (χ4n) is 3.64. The van der Waals surface area contributed by atoms with Crippen LogP contribution < -0.4 is 4.72 Å². The topological polar surface area (TPSA) is 97.4 Å². The molecule has 0 saturated carbocycles. The monoisotopic (exact) mass is 451 g/mol. The van der Waals surface area contributed by atoms with Crippen LogP contribution in [0.3, 0.4) is 0 Å². The smallest absolute Gasteiger partial charge is 0.130 e. The molecular formula is C23H25N5OS2. The van der Waals surface area contributed by atoms with Crippen LogP contribution in [0.4, 0.5) is 0 Å². The molecular weight excluding hydrogens is 426 g/mol. The van der Waals surface area contributed by atoms with Gasteiger partial charge in [-0.15, -0.1) is 11.8 Å². The number of rotatable bonds is 5. The van der Waals surface area contributed by atoms with Gasteiger partial charge in [-0.1, -0.05) is 0 Å². The Labute approximate surface area is 188 Å². The highest BCUT2D eigenvalue weighted by Crippen LogP contribution is 2.38. The molecule has 0 fully saturated rings. The van der Waals surface area contributed by atoms with E-state index in [0.29, 0.717) is 11.4 Å². The van der Waals surface area contributed by atoms with Gasteiger partial charge in [0.2, 0.25) is 0 Å². The SMILES string of the molecule is CSc1cc(C)c2[nH]ccc2c1C(NS(=O)C(C)(C)C)c1nc2ccc(C#N)cc2[nH]1. The van der Waals surface area contributed by atoms with Crippen LogP contribution in [0.2, 0.25) is 0 Å². The first-order chi connectivity index (χ1) is 14.7. The number of benzene rings is 2. The summed E-state index contributed by atoms with van der Waals surface area (Å²) < 4.78 is 16.1. The number of thioether (sulfide) groups is 1. The number of nitriles is 1. The second-order valence-electron chi connectivity index (χ2n) is 8.47. The molecule has 0 aliphatic heterocycles. The molecule has 0 aliphatic carbocycles. The number of H-pyrrole nitrogens is 2. The summed E-state index contributed by atoms with van der Waals surface area (Å²) in [5.41, 5.74) is 5.37. The number of hydrogen-bond donors (Lipinski definition) is 3. The fourth-order valence-corrected chi connectivity index (χ4v) is 5.18. The predicted octanol–water partition coefficient (Wildman–Crippen LogP) is 5.09. The Morgan fingerprint density at radius 3 is 2.71 bits per heavy atom. The van der Waals surface area contributed by atoms with Gasteiger partial charge in [0.15, 0.2) is 0 Å². The molecule has 3 N–H and O–H groups in total. The number of fused-ring (bicyclic) bond motifs is 2. The summed E-state index contributed by atoms with van der Waals surface area (Å²) in [5, 5.41) is 10.3. The van der Waals surface area contributed by atoms with Crippen molar-refractivity contribution < 1.29 is 4.21 Å². The van der Waals surface area contributed by atoms with Crippen LogP contribution in [0.15, 0.2) is 41.4 Å². The normalized spacial score (nSPS) is 14.1. The van der Waals surface area contributed by atoms with Crippen molar-refractivity contribution in [3.8, 4) is 6.07 Å². The minimum absolute atomic E-state index is 0.417. The van der Waals surface area contributed by atoms with E-state index in [0.717, 1.165) is 38.0 Å². The first-order valence-corrected chi connectivity index (χ1v) is 12.3. The molecule has 2 atom stereocenters. The van der Waals surface area contributed by atoms with Crippen molar-refractivity contribution in [2.45, 2.75) is 43.4 Å². The van der Waals surface area contributed by atoms with Crippen molar-refractivity contribution in [2.75, 3.05) is 6.26 Å². The highest BCUT2D eigenvalue weighted by atomic mass is 32.2. The van der Waals surface area contributed by atoms with Crippen molar-refractivity contribution in [1.82, 2.24) is 19.7 Å². The van der Waals surface area contributed by atoms with E-state index in [4.69, 9.17) is 4.98 Å². The predicted molar refractivity (Wildman–Crippen MR) is 128 cm³/mol. The van der Waals surface area contributed by atoms with Gasteiger partial charge in [-0.2, -0.15) is 5.26 Å². The molecule has 0 bridgehead atoms. The highest BCUT2D eigenvalue weighted by Gasteiger charge is 2.30. The molecule has 2 heterocycles. The zero-order valence-electron chi connectivity index (χ0n) is 18.2. The number of imidazole rings is 1. The molecule has 6 nitrogen and oxygen atoms in total. The van der Waals surface area contributed by atoms with Crippen LogP contribution in [-0.2, 0) is 11.0 Å². The summed E-state index contributed by atoms with van der Waals surface area (Å²) >= 11 is 1.66. The lowest BCUT2D eigenvalue weighted by Crippen LogP contribution is -2.36. The molecule has 31 heavy (non-hydrogen) atoms. The third kappa shape index (κ3) is 4.01. The summed E-state index contributed by atoms with van der Waals surface area (Å²) in [6.45, 7) is 7.92. The highest BCUT2D eigenvalue weighted by molar-refractivity contribution is 7.98. The third-order valence-electron chi connectivity index (χ3n) is 5.24. The van der Waals surface area contributed by atoms with Crippen LogP contribution >= 0.6 is 11.8 Å². The lowest BCUT2D eigenvalue weighted by atomic mass is 10.00. The van der Waals surface area contributed by atoms with E-state index < -0.39 is 21.8 Å². The maximum atomic E-state index is 13.2. The molecule has 0 radical (unpaired) electrons. The summed E-state index contributed by atoms with van der Waals surface area (Å²) in [4.78, 5) is 12.6. The Balaban J connectivity index is 1.96. The lowest BCUT2D eigenvalue weighted by Gasteiger charge is -2.25.